The van der Waals surface area contributed by atoms with E-state index in [9.17, 15) is 5.11 Å². The van der Waals surface area contributed by atoms with Gasteiger partial charge in [0.2, 0.25) is 0 Å². The minimum absolute atomic E-state index is 0.0765. The molecular weight excluding hydrogens is 272 g/mol. The number of nitrogens with zero attached hydrogens (tertiary/aromatic N) is 1. The zero-order chi connectivity index (χ0) is 14.9. The van der Waals surface area contributed by atoms with Crippen molar-refractivity contribution in [1.29, 1.82) is 0 Å². The number of hydrogen-bond donors (Lipinski definition) is 2. The number of aromatic amines is 1. The van der Waals surface area contributed by atoms with E-state index in [1.165, 1.54) is 40.4 Å². The van der Waals surface area contributed by atoms with Crippen LogP contribution in [-0.4, -0.2) is 15.1 Å². The normalized spacial score (nSPS) is 14.2. The van der Waals surface area contributed by atoms with Crippen LogP contribution in [0.1, 0.15) is 41.1 Å². The molecule has 0 saturated carbocycles. The molecule has 2 N–H and O–H groups in total. The summed E-state index contributed by atoms with van der Waals surface area (Å²) in [6, 6.07) is 10.4. The summed E-state index contributed by atoms with van der Waals surface area (Å²) in [7, 11) is 0. The first kappa shape index (κ1) is 13.5. The quantitative estimate of drug-likeness (QED) is 0.776. The summed E-state index contributed by atoms with van der Waals surface area (Å²) in [5, 5.41) is 12.1. The van der Waals surface area contributed by atoms with E-state index >= 15 is 0 Å². The Morgan fingerprint density at radius 3 is 2.86 bits per heavy atom. The van der Waals surface area contributed by atoms with Gasteiger partial charge in [0.25, 0.3) is 0 Å². The Morgan fingerprint density at radius 1 is 1.09 bits per heavy atom. The molecule has 1 aliphatic rings. The highest BCUT2D eigenvalue weighted by Gasteiger charge is 2.20. The third kappa shape index (κ3) is 2.22. The molecule has 0 radical (unpaired) electrons. The fourth-order valence-electron chi connectivity index (χ4n) is 3.65. The van der Waals surface area contributed by atoms with Gasteiger partial charge >= 0.3 is 0 Å². The second-order valence-electron chi connectivity index (χ2n) is 6.06. The summed E-state index contributed by atoms with van der Waals surface area (Å²) < 4.78 is 0. The van der Waals surface area contributed by atoms with Crippen molar-refractivity contribution in [3.05, 3.63) is 64.7 Å². The molecule has 0 aliphatic heterocycles. The summed E-state index contributed by atoms with van der Waals surface area (Å²) in [4.78, 5) is 8.05. The van der Waals surface area contributed by atoms with Crippen LogP contribution in [0.2, 0.25) is 0 Å². The topological polar surface area (TPSA) is 48.9 Å². The fraction of sp³-hybridized carbons (Fsp3) is 0.316. The van der Waals surface area contributed by atoms with Crippen LogP contribution in [0.4, 0.5) is 0 Å². The maximum Gasteiger partial charge on any atom is 0.0833 e. The van der Waals surface area contributed by atoms with E-state index in [1.807, 2.05) is 6.20 Å². The number of aromatic nitrogens is 2. The highest BCUT2D eigenvalue weighted by molar-refractivity contribution is 5.84. The van der Waals surface area contributed by atoms with Gasteiger partial charge in [0.15, 0.2) is 0 Å². The molecule has 1 aromatic carbocycles. The van der Waals surface area contributed by atoms with Crippen molar-refractivity contribution in [1.82, 2.24) is 9.97 Å². The number of nitrogens with one attached hydrogen (secondary N) is 1. The lowest BCUT2D eigenvalue weighted by atomic mass is 9.92. The minimum atomic E-state index is 0.0765. The van der Waals surface area contributed by atoms with Crippen LogP contribution in [0.25, 0.3) is 10.8 Å². The second-order valence-corrected chi connectivity index (χ2v) is 6.06. The molecule has 0 unspecified atom stereocenters. The molecule has 22 heavy (non-hydrogen) atoms. The first-order valence-electron chi connectivity index (χ1n) is 8.02. The van der Waals surface area contributed by atoms with E-state index < -0.39 is 0 Å². The van der Waals surface area contributed by atoms with Gasteiger partial charge in [-0.25, -0.2) is 0 Å². The molecule has 0 fully saturated rings. The number of hydrogen-bond acceptors (Lipinski definition) is 2. The van der Waals surface area contributed by atoms with Gasteiger partial charge in [0.1, 0.15) is 0 Å². The maximum atomic E-state index is 9.71. The van der Waals surface area contributed by atoms with Crippen molar-refractivity contribution in [2.45, 2.75) is 38.7 Å². The van der Waals surface area contributed by atoms with Crippen molar-refractivity contribution in [3.63, 3.8) is 0 Å². The molecule has 2 heterocycles. The molecule has 2 aromatic heterocycles. The summed E-state index contributed by atoms with van der Waals surface area (Å²) >= 11 is 0. The van der Waals surface area contributed by atoms with Gasteiger partial charge in [-0.1, -0.05) is 24.3 Å². The van der Waals surface area contributed by atoms with E-state index in [1.54, 1.807) is 0 Å². The van der Waals surface area contributed by atoms with Crippen molar-refractivity contribution >= 4 is 10.8 Å². The summed E-state index contributed by atoms with van der Waals surface area (Å²) in [6.45, 7) is 0.0765. The number of benzene rings is 1. The molecule has 1 aliphatic carbocycles. The first-order chi connectivity index (χ1) is 10.9. The number of fused-ring (bicyclic) bond motifs is 2. The van der Waals surface area contributed by atoms with Crippen molar-refractivity contribution in [3.8, 4) is 0 Å². The van der Waals surface area contributed by atoms with Gasteiger partial charge < -0.3 is 10.1 Å². The van der Waals surface area contributed by atoms with Gasteiger partial charge in [-0.2, -0.15) is 0 Å². The number of aliphatic hydroxyl groups is 1. The summed E-state index contributed by atoms with van der Waals surface area (Å²) in [5.41, 5.74) is 6.08. The number of rotatable bonds is 3. The van der Waals surface area contributed by atoms with Crippen molar-refractivity contribution < 1.29 is 5.11 Å². The minimum Gasteiger partial charge on any atom is -0.390 e. The van der Waals surface area contributed by atoms with Crippen molar-refractivity contribution in [2.75, 3.05) is 0 Å². The Kier molecular flexibility index (Phi) is 3.43. The smallest absolute Gasteiger partial charge is 0.0833 e. The lowest BCUT2D eigenvalue weighted by Crippen LogP contribution is -2.04. The predicted octanol–water partition coefficient (Wildman–Crippen LogP) is 3.52. The van der Waals surface area contributed by atoms with Crippen LogP contribution in [0, 0.1) is 0 Å². The van der Waals surface area contributed by atoms with Gasteiger partial charge in [-0.15, -0.1) is 0 Å². The molecular formula is C19H20N2O. The number of aliphatic hydroxyl groups excluding tert-OH is 1. The molecule has 0 atom stereocenters. The predicted molar refractivity (Wildman–Crippen MR) is 87.9 cm³/mol. The van der Waals surface area contributed by atoms with Crippen LogP contribution >= 0.6 is 0 Å². The van der Waals surface area contributed by atoms with E-state index in [0.29, 0.717) is 0 Å². The van der Waals surface area contributed by atoms with Crippen LogP contribution in [0.5, 0.6) is 0 Å². The van der Waals surface area contributed by atoms with Crippen LogP contribution in [0.3, 0.4) is 0 Å². The zero-order valence-corrected chi connectivity index (χ0v) is 12.6. The van der Waals surface area contributed by atoms with E-state index in [0.717, 1.165) is 30.7 Å². The Hall–Kier alpha value is -2.13. The average molecular weight is 292 g/mol. The molecule has 0 saturated heterocycles. The molecule has 4 rings (SSSR count). The Morgan fingerprint density at radius 2 is 1.95 bits per heavy atom. The summed E-state index contributed by atoms with van der Waals surface area (Å²) in [6.07, 6.45) is 7.38. The Balaban J connectivity index is 1.81. The van der Waals surface area contributed by atoms with Gasteiger partial charge in [0, 0.05) is 29.4 Å². The lowest BCUT2D eigenvalue weighted by Gasteiger charge is -2.13. The lowest BCUT2D eigenvalue weighted by molar-refractivity contribution is 0.276. The third-order valence-corrected chi connectivity index (χ3v) is 4.76. The SMILES string of the molecule is OCc1[nH]c2c(c1Cc1nccc3ccccc13)CCCC2. The first-order valence-corrected chi connectivity index (χ1v) is 8.02. The molecule has 0 amide bonds. The monoisotopic (exact) mass is 292 g/mol. The standard InChI is InChI=1S/C19H20N2O/c22-12-19-16(15-7-3-4-8-17(15)21-19)11-18-14-6-2-1-5-13(14)9-10-20-18/h1-2,5-6,9-10,21-22H,3-4,7-8,11-12H2. The fourth-order valence-corrected chi connectivity index (χ4v) is 3.65. The van der Waals surface area contributed by atoms with Crippen LogP contribution < -0.4 is 0 Å². The highest BCUT2D eigenvalue weighted by atomic mass is 16.3. The third-order valence-electron chi connectivity index (χ3n) is 4.76. The molecule has 0 bridgehead atoms. The highest BCUT2D eigenvalue weighted by Crippen LogP contribution is 2.30. The van der Waals surface area contributed by atoms with Crippen LogP contribution in [-0.2, 0) is 25.9 Å². The second kappa shape index (κ2) is 5.58. The molecule has 0 spiro atoms. The summed E-state index contributed by atoms with van der Waals surface area (Å²) in [5.74, 6) is 0. The number of aryl methyl sites for hydroxylation is 1. The molecule has 3 heteroatoms. The largest absolute Gasteiger partial charge is 0.390 e. The number of pyridine rings is 1. The zero-order valence-electron chi connectivity index (χ0n) is 12.6. The van der Waals surface area contributed by atoms with Gasteiger partial charge in [-0.05, 0) is 48.3 Å². The van der Waals surface area contributed by atoms with Gasteiger partial charge in [-0.3, -0.25) is 4.98 Å². The average Bonchev–Trinajstić information content (AvgIpc) is 2.93. The van der Waals surface area contributed by atoms with Crippen LogP contribution in [0.15, 0.2) is 36.5 Å². The molecule has 3 aromatic rings. The van der Waals surface area contributed by atoms with E-state index in [2.05, 4.69) is 40.3 Å². The Bertz CT molecular complexity index is 814. The van der Waals surface area contributed by atoms with Gasteiger partial charge in [0.05, 0.1) is 12.3 Å². The molecule has 112 valence electrons. The maximum absolute atomic E-state index is 9.71. The van der Waals surface area contributed by atoms with E-state index in [-0.39, 0.29) is 6.61 Å². The Labute approximate surface area is 130 Å². The van der Waals surface area contributed by atoms with Crippen molar-refractivity contribution in [2.24, 2.45) is 0 Å². The van der Waals surface area contributed by atoms with E-state index in [4.69, 9.17) is 0 Å². The molecule has 3 nitrogen and oxygen atoms in total. The number of H-pyrrole nitrogens is 1.